The standard InChI is InChI=1S/C17H15BO3/c1-12-3-2-4-14(9-12)17(19)8-6-13-5-7-15-11-21-18(20)16(15)10-13/h2-10,20H,11H2,1H3/b8-6+. The van der Waals surface area contributed by atoms with Crippen molar-refractivity contribution in [2.75, 3.05) is 0 Å². The molecule has 1 heterocycles. The highest BCUT2D eigenvalue weighted by Crippen LogP contribution is 2.13. The highest BCUT2D eigenvalue weighted by Gasteiger charge is 2.26. The maximum atomic E-state index is 12.1. The first kappa shape index (κ1) is 13.8. The number of rotatable bonds is 3. The van der Waals surface area contributed by atoms with Gasteiger partial charge in [0.05, 0.1) is 6.61 Å². The Morgan fingerprint density at radius 3 is 2.95 bits per heavy atom. The minimum Gasteiger partial charge on any atom is -0.423 e. The summed E-state index contributed by atoms with van der Waals surface area (Å²) in [6.07, 6.45) is 3.31. The number of ketones is 1. The second-order valence-corrected chi connectivity index (χ2v) is 5.19. The Labute approximate surface area is 124 Å². The van der Waals surface area contributed by atoms with Gasteiger partial charge in [0, 0.05) is 5.56 Å². The van der Waals surface area contributed by atoms with Crippen molar-refractivity contribution in [3.8, 4) is 0 Å². The highest BCUT2D eigenvalue weighted by molar-refractivity contribution is 6.61. The van der Waals surface area contributed by atoms with Crippen molar-refractivity contribution < 1.29 is 14.5 Å². The molecule has 1 aliphatic heterocycles. The number of carbonyl (C=O) groups is 1. The molecule has 0 saturated heterocycles. The number of benzene rings is 2. The van der Waals surface area contributed by atoms with Crippen LogP contribution in [0, 0.1) is 6.92 Å². The van der Waals surface area contributed by atoms with Crippen molar-refractivity contribution in [2.45, 2.75) is 13.5 Å². The van der Waals surface area contributed by atoms with Gasteiger partial charge in [0.15, 0.2) is 5.78 Å². The van der Waals surface area contributed by atoms with E-state index in [1.54, 1.807) is 18.2 Å². The Balaban J connectivity index is 1.80. The molecule has 2 aromatic carbocycles. The predicted octanol–water partition coefficient (Wildman–Crippen LogP) is 2.11. The van der Waals surface area contributed by atoms with E-state index in [-0.39, 0.29) is 5.78 Å². The van der Waals surface area contributed by atoms with Gasteiger partial charge in [-0.25, -0.2) is 0 Å². The molecule has 0 aromatic heterocycles. The highest BCUT2D eigenvalue weighted by atomic mass is 16.5. The third-order valence-corrected chi connectivity index (χ3v) is 3.56. The molecule has 0 fully saturated rings. The van der Waals surface area contributed by atoms with Gasteiger partial charge < -0.3 is 9.68 Å². The van der Waals surface area contributed by atoms with Gasteiger partial charge >= 0.3 is 7.12 Å². The van der Waals surface area contributed by atoms with Gasteiger partial charge in [0.1, 0.15) is 0 Å². The first-order valence-corrected chi connectivity index (χ1v) is 6.85. The summed E-state index contributed by atoms with van der Waals surface area (Å²) in [6.45, 7) is 2.39. The number of fused-ring (bicyclic) bond motifs is 1. The zero-order valence-corrected chi connectivity index (χ0v) is 11.7. The third kappa shape index (κ3) is 2.97. The van der Waals surface area contributed by atoms with Gasteiger partial charge in [-0.2, -0.15) is 0 Å². The van der Waals surface area contributed by atoms with Gasteiger partial charge in [-0.15, -0.1) is 0 Å². The molecule has 0 atom stereocenters. The largest absolute Gasteiger partial charge is 0.491 e. The zero-order chi connectivity index (χ0) is 14.8. The predicted molar refractivity (Wildman–Crippen MR) is 83.4 cm³/mol. The van der Waals surface area contributed by atoms with Crippen molar-refractivity contribution in [3.63, 3.8) is 0 Å². The monoisotopic (exact) mass is 278 g/mol. The van der Waals surface area contributed by atoms with E-state index in [1.807, 2.05) is 43.3 Å². The summed E-state index contributed by atoms with van der Waals surface area (Å²) in [6, 6.07) is 13.2. The molecule has 2 aromatic rings. The fraction of sp³-hybridized carbons (Fsp3) is 0.118. The van der Waals surface area contributed by atoms with Gasteiger partial charge in [-0.05, 0) is 35.7 Å². The maximum Gasteiger partial charge on any atom is 0.491 e. The lowest BCUT2D eigenvalue weighted by atomic mass is 9.79. The van der Waals surface area contributed by atoms with Crippen molar-refractivity contribution >= 4 is 24.4 Å². The van der Waals surface area contributed by atoms with Crippen molar-refractivity contribution in [2.24, 2.45) is 0 Å². The summed E-state index contributed by atoms with van der Waals surface area (Å²) in [5, 5.41) is 9.68. The van der Waals surface area contributed by atoms with E-state index in [4.69, 9.17) is 4.65 Å². The van der Waals surface area contributed by atoms with E-state index in [9.17, 15) is 9.82 Å². The Morgan fingerprint density at radius 1 is 1.29 bits per heavy atom. The van der Waals surface area contributed by atoms with Crippen LogP contribution in [0.25, 0.3) is 6.08 Å². The minimum absolute atomic E-state index is 0.0315. The average molecular weight is 278 g/mol. The Hall–Kier alpha value is -2.17. The van der Waals surface area contributed by atoms with Gasteiger partial charge in [-0.1, -0.05) is 48.0 Å². The lowest BCUT2D eigenvalue weighted by molar-refractivity contribution is 0.104. The van der Waals surface area contributed by atoms with Gasteiger partial charge in [0.2, 0.25) is 0 Å². The lowest BCUT2D eigenvalue weighted by Crippen LogP contribution is -2.28. The number of hydrogen-bond donors (Lipinski definition) is 1. The van der Waals surface area contributed by atoms with Crippen LogP contribution in [-0.4, -0.2) is 17.9 Å². The fourth-order valence-corrected chi connectivity index (χ4v) is 2.40. The van der Waals surface area contributed by atoms with Crippen molar-refractivity contribution in [3.05, 3.63) is 70.8 Å². The Morgan fingerprint density at radius 2 is 2.14 bits per heavy atom. The number of aryl methyl sites for hydroxylation is 1. The Bertz CT molecular complexity index is 722. The molecule has 3 nitrogen and oxygen atoms in total. The van der Waals surface area contributed by atoms with E-state index in [0.29, 0.717) is 12.2 Å². The number of hydrogen-bond acceptors (Lipinski definition) is 3. The van der Waals surface area contributed by atoms with E-state index < -0.39 is 7.12 Å². The molecule has 0 unspecified atom stereocenters. The van der Waals surface area contributed by atoms with Crippen LogP contribution < -0.4 is 5.46 Å². The summed E-state index contributed by atoms with van der Waals surface area (Å²) in [5.74, 6) is -0.0315. The van der Waals surface area contributed by atoms with E-state index in [2.05, 4.69) is 0 Å². The average Bonchev–Trinajstić information content (AvgIpc) is 2.86. The summed E-state index contributed by atoms with van der Waals surface area (Å²) in [5.41, 5.74) is 4.38. The molecule has 1 N–H and O–H groups in total. The summed E-state index contributed by atoms with van der Waals surface area (Å²) >= 11 is 0. The zero-order valence-electron chi connectivity index (χ0n) is 11.7. The van der Waals surface area contributed by atoms with Crippen LogP contribution in [0.3, 0.4) is 0 Å². The molecule has 4 heteroatoms. The van der Waals surface area contributed by atoms with Crippen LogP contribution in [0.4, 0.5) is 0 Å². The molecule has 0 radical (unpaired) electrons. The molecular formula is C17H15BO3. The molecule has 0 amide bonds. The molecule has 0 saturated carbocycles. The molecule has 0 bridgehead atoms. The molecule has 21 heavy (non-hydrogen) atoms. The van der Waals surface area contributed by atoms with Crippen LogP contribution in [-0.2, 0) is 11.3 Å². The first-order valence-electron chi connectivity index (χ1n) is 6.85. The smallest absolute Gasteiger partial charge is 0.423 e. The molecule has 104 valence electrons. The minimum atomic E-state index is -0.860. The third-order valence-electron chi connectivity index (χ3n) is 3.56. The van der Waals surface area contributed by atoms with Crippen LogP contribution in [0.15, 0.2) is 48.5 Å². The quantitative estimate of drug-likeness (QED) is 0.531. The summed E-state index contributed by atoms with van der Waals surface area (Å²) in [4.78, 5) is 12.1. The topological polar surface area (TPSA) is 46.5 Å². The van der Waals surface area contributed by atoms with Crippen LogP contribution in [0.5, 0.6) is 0 Å². The van der Waals surface area contributed by atoms with Gasteiger partial charge in [-0.3, -0.25) is 4.79 Å². The van der Waals surface area contributed by atoms with Crippen LogP contribution in [0.1, 0.15) is 27.0 Å². The second-order valence-electron chi connectivity index (χ2n) is 5.19. The molecule has 0 aliphatic carbocycles. The van der Waals surface area contributed by atoms with Crippen molar-refractivity contribution in [1.29, 1.82) is 0 Å². The lowest BCUT2D eigenvalue weighted by Gasteiger charge is -2.01. The molecular weight excluding hydrogens is 263 g/mol. The SMILES string of the molecule is Cc1cccc(C(=O)/C=C/c2ccc3c(c2)B(O)OC3)c1. The van der Waals surface area contributed by atoms with Gasteiger partial charge in [0.25, 0.3) is 0 Å². The van der Waals surface area contributed by atoms with E-state index in [1.165, 1.54) is 0 Å². The normalized spacial score (nSPS) is 13.7. The van der Waals surface area contributed by atoms with Crippen molar-refractivity contribution in [1.82, 2.24) is 0 Å². The first-order chi connectivity index (χ1) is 10.1. The van der Waals surface area contributed by atoms with Crippen LogP contribution >= 0.6 is 0 Å². The summed E-state index contributed by atoms with van der Waals surface area (Å²) < 4.78 is 5.15. The molecule has 1 aliphatic rings. The van der Waals surface area contributed by atoms with E-state index in [0.717, 1.165) is 22.2 Å². The fourth-order valence-electron chi connectivity index (χ4n) is 2.40. The second kappa shape index (κ2) is 5.68. The Kier molecular flexibility index (Phi) is 3.73. The summed E-state index contributed by atoms with van der Waals surface area (Å²) in [7, 11) is -0.860. The number of allylic oxidation sites excluding steroid dienone is 1. The van der Waals surface area contributed by atoms with Crippen LogP contribution in [0.2, 0.25) is 0 Å². The van der Waals surface area contributed by atoms with E-state index >= 15 is 0 Å². The molecule has 0 spiro atoms. The maximum absolute atomic E-state index is 12.1. The number of carbonyl (C=O) groups excluding carboxylic acids is 1. The molecule has 3 rings (SSSR count).